The van der Waals surface area contributed by atoms with Crippen molar-refractivity contribution in [1.29, 1.82) is 0 Å². The predicted octanol–water partition coefficient (Wildman–Crippen LogP) is 4.05. The summed E-state index contributed by atoms with van der Waals surface area (Å²) in [6.45, 7) is 2.24. The molecule has 0 aromatic heterocycles. The van der Waals surface area contributed by atoms with Crippen LogP contribution in [0.1, 0.15) is 38.2 Å². The summed E-state index contributed by atoms with van der Waals surface area (Å²) in [6, 6.07) is 4.97. The van der Waals surface area contributed by atoms with Crippen LogP contribution in [0.3, 0.4) is 0 Å². The summed E-state index contributed by atoms with van der Waals surface area (Å²) in [7, 11) is 1.73. The molecule has 2 N–H and O–H groups in total. The van der Waals surface area contributed by atoms with E-state index in [1.807, 2.05) is 6.07 Å². The lowest BCUT2D eigenvalue weighted by Crippen LogP contribution is -2.53. The minimum atomic E-state index is -0.308. The van der Waals surface area contributed by atoms with Crippen LogP contribution in [0.25, 0.3) is 0 Å². The van der Waals surface area contributed by atoms with Gasteiger partial charge in [0.25, 0.3) is 0 Å². The monoisotopic (exact) mass is 343 g/mol. The van der Waals surface area contributed by atoms with Crippen LogP contribution in [0.2, 0.25) is 0 Å². The number of halogens is 2. The van der Waals surface area contributed by atoms with E-state index in [1.165, 1.54) is 12.5 Å². The van der Waals surface area contributed by atoms with E-state index >= 15 is 0 Å². The number of methoxy groups -OCH3 is 1. The topological polar surface area (TPSA) is 35.2 Å². The SMILES string of the molecule is COC1(C(N)Cc2ccc(Br)cc2F)CCCC(C)C1. The Morgan fingerprint density at radius 2 is 2.30 bits per heavy atom. The smallest absolute Gasteiger partial charge is 0.127 e. The normalized spacial score (nSPS) is 28.4. The van der Waals surface area contributed by atoms with Gasteiger partial charge in [0.05, 0.1) is 5.60 Å². The third kappa shape index (κ3) is 3.41. The second-order valence-corrected chi connectivity index (χ2v) is 6.93. The number of rotatable bonds is 4. The first-order valence-corrected chi connectivity index (χ1v) is 8.01. The predicted molar refractivity (Wildman–Crippen MR) is 83.2 cm³/mol. The van der Waals surface area contributed by atoms with Gasteiger partial charge in [-0.2, -0.15) is 0 Å². The molecule has 2 rings (SSSR count). The molecule has 0 amide bonds. The Balaban J connectivity index is 2.14. The molecule has 1 saturated carbocycles. The quantitative estimate of drug-likeness (QED) is 0.894. The van der Waals surface area contributed by atoms with E-state index in [0.29, 0.717) is 17.9 Å². The molecule has 2 nitrogen and oxygen atoms in total. The van der Waals surface area contributed by atoms with Gasteiger partial charge >= 0.3 is 0 Å². The van der Waals surface area contributed by atoms with Crippen molar-refractivity contribution < 1.29 is 9.13 Å². The second-order valence-electron chi connectivity index (χ2n) is 6.02. The number of nitrogens with two attached hydrogens (primary N) is 1. The molecule has 0 radical (unpaired) electrons. The van der Waals surface area contributed by atoms with Crippen molar-refractivity contribution in [2.24, 2.45) is 11.7 Å². The van der Waals surface area contributed by atoms with Crippen LogP contribution in [0, 0.1) is 11.7 Å². The lowest BCUT2D eigenvalue weighted by Gasteiger charge is -2.43. The molecule has 1 aliphatic carbocycles. The van der Waals surface area contributed by atoms with E-state index in [-0.39, 0.29) is 17.5 Å². The molecule has 0 bridgehead atoms. The molecule has 1 aliphatic rings. The fourth-order valence-electron chi connectivity index (χ4n) is 3.33. The Morgan fingerprint density at radius 1 is 1.55 bits per heavy atom. The highest BCUT2D eigenvalue weighted by atomic mass is 79.9. The first kappa shape index (κ1) is 15.9. The number of hydrogen-bond acceptors (Lipinski definition) is 2. The Morgan fingerprint density at radius 3 is 2.90 bits per heavy atom. The van der Waals surface area contributed by atoms with Crippen molar-refractivity contribution >= 4 is 15.9 Å². The van der Waals surface area contributed by atoms with E-state index in [4.69, 9.17) is 10.5 Å². The molecule has 1 fully saturated rings. The summed E-state index contributed by atoms with van der Waals surface area (Å²) in [5.74, 6) is 0.412. The summed E-state index contributed by atoms with van der Waals surface area (Å²) in [5.41, 5.74) is 6.75. The molecular weight excluding hydrogens is 321 g/mol. The lowest BCUT2D eigenvalue weighted by molar-refractivity contribution is -0.0706. The number of hydrogen-bond donors (Lipinski definition) is 1. The van der Waals surface area contributed by atoms with Crippen molar-refractivity contribution in [3.63, 3.8) is 0 Å². The Hall–Kier alpha value is -0.450. The third-order valence-electron chi connectivity index (χ3n) is 4.53. The van der Waals surface area contributed by atoms with Crippen LogP contribution in [-0.2, 0) is 11.2 Å². The van der Waals surface area contributed by atoms with Crippen molar-refractivity contribution in [1.82, 2.24) is 0 Å². The summed E-state index contributed by atoms with van der Waals surface area (Å²) in [4.78, 5) is 0. The van der Waals surface area contributed by atoms with E-state index in [1.54, 1.807) is 13.2 Å². The van der Waals surface area contributed by atoms with E-state index in [2.05, 4.69) is 22.9 Å². The van der Waals surface area contributed by atoms with Gasteiger partial charge in [-0.15, -0.1) is 0 Å². The molecule has 4 heteroatoms. The van der Waals surface area contributed by atoms with Gasteiger partial charge in [0.15, 0.2) is 0 Å². The molecule has 0 saturated heterocycles. The fraction of sp³-hybridized carbons (Fsp3) is 0.625. The summed E-state index contributed by atoms with van der Waals surface area (Å²) in [5, 5.41) is 0. The molecule has 1 aromatic rings. The maximum Gasteiger partial charge on any atom is 0.127 e. The highest BCUT2D eigenvalue weighted by Crippen LogP contribution is 2.37. The standard InChI is InChI=1S/C16H23BrFNO/c1-11-4-3-7-16(10-11,20-2)15(19)8-12-5-6-13(17)9-14(12)18/h5-6,9,11,15H,3-4,7-8,10,19H2,1-2H3. The molecule has 3 unspecified atom stereocenters. The molecule has 0 spiro atoms. The van der Waals surface area contributed by atoms with Crippen LogP contribution in [-0.4, -0.2) is 18.8 Å². The highest BCUT2D eigenvalue weighted by molar-refractivity contribution is 9.10. The molecule has 3 atom stereocenters. The molecule has 0 heterocycles. The Kier molecular flexibility index (Phi) is 5.21. The molecular formula is C16H23BrFNO. The number of ether oxygens (including phenoxy) is 1. The van der Waals surface area contributed by atoms with Crippen molar-refractivity contribution in [2.75, 3.05) is 7.11 Å². The maximum atomic E-state index is 14.0. The van der Waals surface area contributed by atoms with Crippen LogP contribution in [0.4, 0.5) is 4.39 Å². The van der Waals surface area contributed by atoms with Crippen molar-refractivity contribution in [3.05, 3.63) is 34.1 Å². The average Bonchev–Trinajstić information content (AvgIpc) is 2.41. The maximum absolute atomic E-state index is 14.0. The van der Waals surface area contributed by atoms with Gasteiger partial charge in [0.1, 0.15) is 5.82 Å². The van der Waals surface area contributed by atoms with E-state index in [0.717, 1.165) is 23.7 Å². The minimum Gasteiger partial charge on any atom is -0.377 e. The van der Waals surface area contributed by atoms with E-state index in [9.17, 15) is 4.39 Å². The van der Waals surface area contributed by atoms with Crippen LogP contribution in [0.5, 0.6) is 0 Å². The molecule has 0 aliphatic heterocycles. The zero-order chi connectivity index (χ0) is 14.8. The second kappa shape index (κ2) is 6.54. The van der Waals surface area contributed by atoms with Crippen LogP contribution < -0.4 is 5.73 Å². The number of benzene rings is 1. The van der Waals surface area contributed by atoms with Gasteiger partial charge in [-0.25, -0.2) is 4.39 Å². The lowest BCUT2D eigenvalue weighted by atomic mass is 9.73. The molecule has 112 valence electrons. The van der Waals surface area contributed by atoms with E-state index < -0.39 is 0 Å². The largest absolute Gasteiger partial charge is 0.377 e. The first-order chi connectivity index (χ1) is 9.47. The first-order valence-electron chi connectivity index (χ1n) is 7.21. The minimum absolute atomic E-state index is 0.175. The van der Waals surface area contributed by atoms with Crippen LogP contribution in [0.15, 0.2) is 22.7 Å². The third-order valence-corrected chi connectivity index (χ3v) is 5.02. The average molecular weight is 344 g/mol. The molecule has 1 aromatic carbocycles. The zero-order valence-electron chi connectivity index (χ0n) is 12.2. The van der Waals surface area contributed by atoms with Gasteiger partial charge in [0.2, 0.25) is 0 Å². The van der Waals surface area contributed by atoms with Gasteiger partial charge < -0.3 is 10.5 Å². The van der Waals surface area contributed by atoms with Crippen molar-refractivity contribution in [2.45, 2.75) is 50.7 Å². The summed E-state index contributed by atoms with van der Waals surface area (Å²) in [6.07, 6.45) is 4.80. The Bertz CT molecular complexity index is 468. The molecule has 20 heavy (non-hydrogen) atoms. The zero-order valence-corrected chi connectivity index (χ0v) is 13.7. The summed E-state index contributed by atoms with van der Waals surface area (Å²) < 4.78 is 20.5. The van der Waals surface area contributed by atoms with Crippen molar-refractivity contribution in [3.8, 4) is 0 Å². The summed E-state index contributed by atoms with van der Waals surface area (Å²) >= 11 is 3.28. The van der Waals surface area contributed by atoms with Gasteiger partial charge in [-0.05, 0) is 42.9 Å². The van der Waals surface area contributed by atoms with Gasteiger partial charge in [0, 0.05) is 17.6 Å². The highest BCUT2D eigenvalue weighted by Gasteiger charge is 2.40. The van der Waals surface area contributed by atoms with Gasteiger partial charge in [-0.1, -0.05) is 41.8 Å². The Labute approximate surface area is 129 Å². The van der Waals surface area contributed by atoms with Crippen LogP contribution >= 0.6 is 15.9 Å². The fourth-order valence-corrected chi connectivity index (χ4v) is 3.66. The van der Waals surface area contributed by atoms with Gasteiger partial charge in [-0.3, -0.25) is 0 Å².